The summed E-state index contributed by atoms with van der Waals surface area (Å²) in [6.07, 6.45) is 0.416. The average Bonchev–Trinajstić information content (AvgIpc) is 2.25. The van der Waals surface area contributed by atoms with Crippen molar-refractivity contribution in [2.75, 3.05) is 11.9 Å². The molecule has 112 valence electrons. The largest absolute Gasteiger partial charge is 0.444 e. The van der Waals surface area contributed by atoms with Gasteiger partial charge in [0.15, 0.2) is 0 Å². The van der Waals surface area contributed by atoms with Crippen LogP contribution in [0.15, 0.2) is 24.3 Å². The van der Waals surface area contributed by atoms with Crippen LogP contribution in [-0.4, -0.2) is 24.3 Å². The summed E-state index contributed by atoms with van der Waals surface area (Å²) in [6, 6.07) is 7.59. The van der Waals surface area contributed by atoms with E-state index in [9.17, 15) is 4.79 Å². The number of hydrogen-bond donors (Lipinski definition) is 2. The highest BCUT2D eigenvalue weighted by atomic mass is 35.5. The summed E-state index contributed by atoms with van der Waals surface area (Å²) in [7, 11) is 0. The number of rotatable bonds is 5. The topological polar surface area (TPSA) is 50.4 Å². The van der Waals surface area contributed by atoms with Gasteiger partial charge in [-0.25, -0.2) is 4.79 Å². The molecule has 1 aromatic rings. The van der Waals surface area contributed by atoms with E-state index in [1.54, 1.807) is 0 Å². The monoisotopic (exact) mass is 298 g/mol. The zero-order valence-electron chi connectivity index (χ0n) is 12.5. The third-order valence-electron chi connectivity index (χ3n) is 2.49. The normalized spacial score (nSPS) is 12.7. The predicted octanol–water partition coefficient (Wildman–Crippen LogP) is 4.06. The Morgan fingerprint density at radius 3 is 2.70 bits per heavy atom. The van der Waals surface area contributed by atoms with Gasteiger partial charge in [0, 0.05) is 23.3 Å². The predicted molar refractivity (Wildman–Crippen MR) is 83.4 cm³/mol. The number of nitrogens with one attached hydrogen (secondary N) is 2. The maximum atomic E-state index is 11.6. The molecule has 1 rings (SSSR count). The number of amides is 1. The standard InChI is InChI=1S/C15H23ClN2O2/c1-11(18-14(19)20-15(2,3)4)8-9-17-13-7-5-6-12(16)10-13/h5-7,10-11,17H,8-9H2,1-4H3,(H,18,19). The molecule has 0 bridgehead atoms. The molecule has 2 N–H and O–H groups in total. The number of anilines is 1. The van der Waals surface area contributed by atoms with Gasteiger partial charge in [0.25, 0.3) is 0 Å². The second-order valence-electron chi connectivity index (χ2n) is 5.77. The fraction of sp³-hybridized carbons (Fsp3) is 0.533. The smallest absolute Gasteiger partial charge is 0.407 e. The lowest BCUT2D eigenvalue weighted by molar-refractivity contribution is 0.0507. The van der Waals surface area contributed by atoms with Gasteiger partial charge in [-0.1, -0.05) is 17.7 Å². The maximum absolute atomic E-state index is 11.6. The van der Waals surface area contributed by atoms with E-state index in [2.05, 4.69) is 10.6 Å². The van der Waals surface area contributed by atoms with E-state index in [0.717, 1.165) is 18.7 Å². The highest BCUT2D eigenvalue weighted by Crippen LogP contribution is 2.14. The Morgan fingerprint density at radius 2 is 2.10 bits per heavy atom. The summed E-state index contributed by atoms with van der Waals surface area (Å²) in [6.45, 7) is 8.23. The minimum atomic E-state index is -0.469. The van der Waals surface area contributed by atoms with Crippen molar-refractivity contribution in [1.82, 2.24) is 5.32 Å². The molecule has 1 unspecified atom stereocenters. The Morgan fingerprint density at radius 1 is 1.40 bits per heavy atom. The average molecular weight is 299 g/mol. The van der Waals surface area contributed by atoms with Crippen LogP contribution in [0, 0.1) is 0 Å². The molecule has 20 heavy (non-hydrogen) atoms. The summed E-state index contributed by atoms with van der Waals surface area (Å²) in [5, 5.41) is 6.77. The summed E-state index contributed by atoms with van der Waals surface area (Å²) < 4.78 is 5.20. The fourth-order valence-electron chi connectivity index (χ4n) is 1.61. The summed E-state index contributed by atoms with van der Waals surface area (Å²) >= 11 is 5.90. The second kappa shape index (κ2) is 7.39. The Hall–Kier alpha value is -1.42. The second-order valence-corrected chi connectivity index (χ2v) is 6.21. The molecule has 0 aliphatic carbocycles. The molecule has 1 aromatic carbocycles. The maximum Gasteiger partial charge on any atom is 0.407 e. The number of benzene rings is 1. The SMILES string of the molecule is CC(CCNc1cccc(Cl)c1)NC(=O)OC(C)(C)C. The summed E-state index contributed by atoms with van der Waals surface area (Å²) in [5.74, 6) is 0. The van der Waals surface area contributed by atoms with E-state index in [4.69, 9.17) is 16.3 Å². The van der Waals surface area contributed by atoms with Crippen LogP contribution >= 0.6 is 11.6 Å². The van der Waals surface area contributed by atoms with Gasteiger partial charge in [-0.15, -0.1) is 0 Å². The molecule has 0 aliphatic heterocycles. The van der Waals surface area contributed by atoms with Gasteiger partial charge < -0.3 is 15.4 Å². The first-order valence-corrected chi connectivity index (χ1v) is 7.13. The van der Waals surface area contributed by atoms with Gasteiger partial charge in [0.2, 0.25) is 0 Å². The Kier molecular flexibility index (Phi) is 6.14. The van der Waals surface area contributed by atoms with Crippen LogP contribution in [0.25, 0.3) is 0 Å². The summed E-state index contributed by atoms with van der Waals surface area (Å²) in [4.78, 5) is 11.6. The van der Waals surface area contributed by atoms with Crippen LogP contribution in [0.5, 0.6) is 0 Å². The van der Waals surface area contributed by atoms with Crippen molar-refractivity contribution in [1.29, 1.82) is 0 Å². The molecule has 1 amide bonds. The van der Waals surface area contributed by atoms with E-state index in [1.165, 1.54) is 0 Å². The first-order chi connectivity index (χ1) is 9.26. The highest BCUT2D eigenvalue weighted by molar-refractivity contribution is 6.30. The minimum Gasteiger partial charge on any atom is -0.444 e. The van der Waals surface area contributed by atoms with Gasteiger partial charge in [0.1, 0.15) is 5.60 Å². The van der Waals surface area contributed by atoms with E-state index in [-0.39, 0.29) is 12.1 Å². The fourth-order valence-corrected chi connectivity index (χ4v) is 1.80. The lowest BCUT2D eigenvalue weighted by Crippen LogP contribution is -2.38. The van der Waals surface area contributed by atoms with Crippen molar-refractivity contribution >= 4 is 23.4 Å². The van der Waals surface area contributed by atoms with Crippen LogP contribution in [0.4, 0.5) is 10.5 Å². The number of carbonyl (C=O) groups excluding carboxylic acids is 1. The van der Waals surface area contributed by atoms with Gasteiger partial charge >= 0.3 is 6.09 Å². The number of ether oxygens (including phenoxy) is 1. The van der Waals surface area contributed by atoms with Crippen LogP contribution in [0.1, 0.15) is 34.1 Å². The van der Waals surface area contributed by atoms with E-state index < -0.39 is 5.60 Å². The first kappa shape index (κ1) is 16.6. The molecule has 0 fully saturated rings. The quantitative estimate of drug-likeness (QED) is 0.862. The molecular formula is C15H23ClN2O2. The number of halogens is 1. The molecule has 1 atom stereocenters. The van der Waals surface area contributed by atoms with E-state index in [1.807, 2.05) is 52.0 Å². The number of alkyl carbamates (subject to hydrolysis) is 1. The molecule has 0 aromatic heterocycles. The highest BCUT2D eigenvalue weighted by Gasteiger charge is 2.17. The number of carbonyl (C=O) groups is 1. The molecule has 0 aliphatic rings. The molecule has 4 nitrogen and oxygen atoms in total. The lowest BCUT2D eigenvalue weighted by Gasteiger charge is -2.22. The zero-order chi connectivity index (χ0) is 15.2. The molecule has 0 radical (unpaired) electrons. The van der Waals surface area contributed by atoms with Crippen molar-refractivity contribution in [3.63, 3.8) is 0 Å². The van der Waals surface area contributed by atoms with Crippen molar-refractivity contribution in [2.45, 2.75) is 45.8 Å². The Labute approximate surface area is 125 Å². The zero-order valence-corrected chi connectivity index (χ0v) is 13.3. The Bertz CT molecular complexity index is 444. The van der Waals surface area contributed by atoms with E-state index >= 15 is 0 Å². The van der Waals surface area contributed by atoms with Gasteiger partial charge in [0.05, 0.1) is 0 Å². The third-order valence-corrected chi connectivity index (χ3v) is 2.73. The van der Waals surface area contributed by atoms with Crippen molar-refractivity contribution in [3.05, 3.63) is 29.3 Å². The summed E-state index contributed by atoms with van der Waals surface area (Å²) in [5.41, 5.74) is 0.505. The van der Waals surface area contributed by atoms with Crippen LogP contribution < -0.4 is 10.6 Å². The molecule has 5 heteroatoms. The number of hydrogen-bond acceptors (Lipinski definition) is 3. The molecule has 0 heterocycles. The lowest BCUT2D eigenvalue weighted by atomic mass is 10.2. The Balaban J connectivity index is 2.26. The van der Waals surface area contributed by atoms with Crippen molar-refractivity contribution < 1.29 is 9.53 Å². The first-order valence-electron chi connectivity index (χ1n) is 6.75. The van der Waals surface area contributed by atoms with Crippen LogP contribution in [-0.2, 0) is 4.74 Å². The van der Waals surface area contributed by atoms with Crippen molar-refractivity contribution in [3.8, 4) is 0 Å². The molecule has 0 saturated carbocycles. The van der Waals surface area contributed by atoms with Crippen LogP contribution in [0.2, 0.25) is 5.02 Å². The molecule has 0 spiro atoms. The van der Waals surface area contributed by atoms with Gasteiger partial charge in [-0.05, 0) is 52.3 Å². The molecule has 0 saturated heterocycles. The molecular weight excluding hydrogens is 276 g/mol. The minimum absolute atomic E-state index is 0.0385. The van der Waals surface area contributed by atoms with Crippen LogP contribution in [0.3, 0.4) is 0 Å². The van der Waals surface area contributed by atoms with Gasteiger partial charge in [-0.2, -0.15) is 0 Å². The van der Waals surface area contributed by atoms with E-state index in [0.29, 0.717) is 5.02 Å². The van der Waals surface area contributed by atoms with Crippen molar-refractivity contribution in [2.24, 2.45) is 0 Å². The van der Waals surface area contributed by atoms with Gasteiger partial charge in [-0.3, -0.25) is 0 Å². The third kappa shape index (κ3) is 7.24.